The highest BCUT2D eigenvalue weighted by Gasteiger charge is 2.29. The van der Waals surface area contributed by atoms with E-state index in [2.05, 4.69) is 20.3 Å². The number of nitrogens with one attached hydrogen (secondary N) is 1. The molecule has 22 heavy (non-hydrogen) atoms. The molecule has 0 unspecified atom stereocenters. The van der Waals surface area contributed by atoms with Crippen LogP contribution in [0.25, 0.3) is 0 Å². The average Bonchev–Trinajstić information content (AvgIpc) is 3.06. The molecule has 2 aliphatic heterocycles. The maximum absolute atomic E-state index is 12.4. The van der Waals surface area contributed by atoms with Gasteiger partial charge in [0.15, 0.2) is 5.78 Å². The Labute approximate surface area is 127 Å². The Morgan fingerprint density at radius 1 is 1.23 bits per heavy atom. The smallest absolute Gasteiger partial charge is 0.191 e. The fourth-order valence-electron chi connectivity index (χ4n) is 2.63. The molecular weight excluding hydrogens is 278 g/mol. The third kappa shape index (κ3) is 2.05. The van der Waals surface area contributed by atoms with Crippen LogP contribution in [0.4, 0.5) is 5.69 Å². The van der Waals surface area contributed by atoms with Crippen LogP contribution < -0.4 is 5.32 Å². The number of ketones is 1. The van der Waals surface area contributed by atoms with E-state index in [1.807, 2.05) is 11.0 Å². The van der Waals surface area contributed by atoms with Gasteiger partial charge in [-0.25, -0.2) is 0 Å². The average molecular weight is 291 g/mol. The SMILES string of the molecule is O=C(C=C1Nc2ccncc2C2=NCCN12)c1cccnc1. The van der Waals surface area contributed by atoms with Gasteiger partial charge in [0.05, 0.1) is 17.8 Å². The molecule has 2 aromatic rings. The Hall–Kier alpha value is -3.02. The monoisotopic (exact) mass is 291 g/mol. The maximum Gasteiger partial charge on any atom is 0.191 e. The predicted molar refractivity (Wildman–Crippen MR) is 82.6 cm³/mol. The van der Waals surface area contributed by atoms with Gasteiger partial charge in [-0.2, -0.15) is 0 Å². The van der Waals surface area contributed by atoms with Crippen LogP contribution in [0.2, 0.25) is 0 Å². The quantitative estimate of drug-likeness (QED) is 0.673. The zero-order valence-corrected chi connectivity index (χ0v) is 11.7. The highest BCUT2D eigenvalue weighted by atomic mass is 16.1. The molecule has 4 heterocycles. The largest absolute Gasteiger partial charge is 0.341 e. The van der Waals surface area contributed by atoms with Crippen molar-refractivity contribution in [2.24, 2.45) is 4.99 Å². The molecule has 6 nitrogen and oxygen atoms in total. The number of allylic oxidation sites excluding steroid dienone is 1. The third-order valence-electron chi connectivity index (χ3n) is 3.67. The van der Waals surface area contributed by atoms with Crippen molar-refractivity contribution in [1.82, 2.24) is 14.9 Å². The molecule has 0 saturated carbocycles. The molecule has 0 spiro atoms. The Morgan fingerprint density at radius 3 is 3.00 bits per heavy atom. The minimum atomic E-state index is -0.0839. The molecule has 4 rings (SSSR count). The zero-order chi connectivity index (χ0) is 14.9. The third-order valence-corrected chi connectivity index (χ3v) is 3.67. The lowest BCUT2D eigenvalue weighted by Gasteiger charge is -2.30. The van der Waals surface area contributed by atoms with Crippen molar-refractivity contribution in [3.8, 4) is 0 Å². The Balaban J connectivity index is 1.73. The van der Waals surface area contributed by atoms with Crippen LogP contribution in [0, 0.1) is 0 Å². The lowest BCUT2D eigenvalue weighted by atomic mass is 10.1. The van der Waals surface area contributed by atoms with E-state index < -0.39 is 0 Å². The van der Waals surface area contributed by atoms with Gasteiger partial charge < -0.3 is 10.2 Å². The summed E-state index contributed by atoms with van der Waals surface area (Å²) in [5.74, 6) is 1.52. The minimum absolute atomic E-state index is 0.0839. The summed E-state index contributed by atoms with van der Waals surface area (Å²) in [6.45, 7) is 1.46. The van der Waals surface area contributed by atoms with Crippen molar-refractivity contribution in [2.45, 2.75) is 0 Å². The van der Waals surface area contributed by atoms with Gasteiger partial charge in [0.1, 0.15) is 11.7 Å². The molecule has 0 bridgehead atoms. The highest BCUT2D eigenvalue weighted by Crippen LogP contribution is 2.29. The first kappa shape index (κ1) is 12.7. The molecule has 2 aliphatic rings. The molecule has 0 amide bonds. The van der Waals surface area contributed by atoms with Crippen LogP contribution in [0.15, 0.2) is 59.9 Å². The number of carbonyl (C=O) groups excluding carboxylic acids is 1. The van der Waals surface area contributed by atoms with Gasteiger partial charge >= 0.3 is 0 Å². The molecule has 0 fully saturated rings. The van der Waals surface area contributed by atoms with Crippen LogP contribution in [-0.4, -0.2) is 39.6 Å². The number of aliphatic imine (C=N–C) groups is 1. The number of rotatable bonds is 2. The second-order valence-corrected chi connectivity index (χ2v) is 5.04. The first-order valence-electron chi connectivity index (χ1n) is 7.02. The van der Waals surface area contributed by atoms with Crippen molar-refractivity contribution in [2.75, 3.05) is 18.4 Å². The second kappa shape index (κ2) is 5.07. The predicted octanol–water partition coefficient (Wildman–Crippen LogP) is 1.69. The summed E-state index contributed by atoms with van der Waals surface area (Å²) in [6, 6.07) is 5.39. The van der Waals surface area contributed by atoms with Gasteiger partial charge in [-0.3, -0.25) is 19.8 Å². The summed E-state index contributed by atoms with van der Waals surface area (Å²) in [6.07, 6.45) is 8.33. The van der Waals surface area contributed by atoms with Gasteiger partial charge in [-0.1, -0.05) is 0 Å². The summed E-state index contributed by atoms with van der Waals surface area (Å²) in [4.78, 5) is 27.1. The van der Waals surface area contributed by atoms with Crippen molar-refractivity contribution in [1.29, 1.82) is 0 Å². The topological polar surface area (TPSA) is 70.5 Å². The lowest BCUT2D eigenvalue weighted by molar-refractivity contribution is 0.104. The van der Waals surface area contributed by atoms with Crippen LogP contribution in [0.1, 0.15) is 15.9 Å². The summed E-state index contributed by atoms with van der Waals surface area (Å²) in [5.41, 5.74) is 2.44. The van der Waals surface area contributed by atoms with Gasteiger partial charge in [0.25, 0.3) is 0 Å². The number of carbonyl (C=O) groups is 1. The first-order chi connectivity index (χ1) is 10.8. The summed E-state index contributed by atoms with van der Waals surface area (Å²) >= 11 is 0. The van der Waals surface area contributed by atoms with E-state index in [1.165, 1.54) is 0 Å². The maximum atomic E-state index is 12.4. The Morgan fingerprint density at radius 2 is 2.14 bits per heavy atom. The van der Waals surface area contributed by atoms with E-state index >= 15 is 0 Å². The molecule has 1 N–H and O–H groups in total. The number of hydrogen-bond acceptors (Lipinski definition) is 6. The molecule has 108 valence electrons. The molecule has 0 saturated heterocycles. The zero-order valence-electron chi connectivity index (χ0n) is 11.7. The summed E-state index contributed by atoms with van der Waals surface area (Å²) < 4.78 is 0. The molecule has 6 heteroatoms. The van der Waals surface area contributed by atoms with Crippen LogP contribution in [0.3, 0.4) is 0 Å². The van der Waals surface area contributed by atoms with E-state index in [0.29, 0.717) is 12.1 Å². The molecular formula is C16H13N5O. The first-order valence-corrected chi connectivity index (χ1v) is 7.02. The second-order valence-electron chi connectivity index (χ2n) is 5.04. The van der Waals surface area contributed by atoms with Gasteiger partial charge in [-0.05, 0) is 18.2 Å². The van der Waals surface area contributed by atoms with Gasteiger partial charge in [-0.15, -0.1) is 0 Å². The lowest BCUT2D eigenvalue weighted by Crippen LogP contribution is -2.36. The van der Waals surface area contributed by atoms with E-state index in [4.69, 9.17) is 0 Å². The Kier molecular flexibility index (Phi) is 2.93. The van der Waals surface area contributed by atoms with Crippen molar-refractivity contribution in [3.05, 3.63) is 66.0 Å². The number of hydrogen-bond donors (Lipinski definition) is 1. The standard InChI is InChI=1S/C16H13N5O/c22-14(11-2-1-4-17-9-11)8-15-20-13-3-5-18-10-12(13)16-19-6-7-21(15)16/h1-5,8-10,20H,6-7H2. The molecule has 0 radical (unpaired) electrons. The normalized spacial score (nSPS) is 17.5. The number of nitrogens with zero attached hydrogens (tertiary/aromatic N) is 4. The number of fused-ring (bicyclic) bond motifs is 3. The molecule has 0 atom stereocenters. The van der Waals surface area contributed by atoms with E-state index in [-0.39, 0.29) is 5.78 Å². The van der Waals surface area contributed by atoms with Gasteiger partial charge in [0, 0.05) is 43.0 Å². The molecule has 0 aromatic carbocycles. The molecule has 2 aromatic heterocycles. The fraction of sp³-hybridized carbons (Fsp3) is 0.125. The molecule has 0 aliphatic carbocycles. The highest BCUT2D eigenvalue weighted by molar-refractivity contribution is 6.10. The summed E-state index contributed by atoms with van der Waals surface area (Å²) in [5, 5.41) is 3.29. The number of amidine groups is 1. The van der Waals surface area contributed by atoms with E-state index in [0.717, 1.165) is 29.5 Å². The van der Waals surface area contributed by atoms with Crippen LogP contribution in [0.5, 0.6) is 0 Å². The van der Waals surface area contributed by atoms with Crippen molar-refractivity contribution >= 4 is 17.3 Å². The van der Waals surface area contributed by atoms with Crippen molar-refractivity contribution < 1.29 is 4.79 Å². The Bertz CT molecular complexity index is 797. The van der Waals surface area contributed by atoms with Crippen molar-refractivity contribution in [3.63, 3.8) is 0 Å². The van der Waals surface area contributed by atoms with E-state index in [1.54, 1.807) is 43.0 Å². The van der Waals surface area contributed by atoms with Crippen LogP contribution in [-0.2, 0) is 0 Å². The number of aromatic nitrogens is 2. The van der Waals surface area contributed by atoms with E-state index in [9.17, 15) is 4.79 Å². The summed E-state index contributed by atoms with van der Waals surface area (Å²) in [7, 11) is 0. The minimum Gasteiger partial charge on any atom is -0.341 e. The van der Waals surface area contributed by atoms with Gasteiger partial charge in [0.2, 0.25) is 0 Å². The number of anilines is 1. The number of pyridine rings is 2. The van der Waals surface area contributed by atoms with Crippen LogP contribution >= 0.6 is 0 Å². The fourth-order valence-corrected chi connectivity index (χ4v) is 2.63.